The van der Waals surface area contributed by atoms with Crippen LogP contribution in [-0.4, -0.2) is 36.0 Å². The normalized spacial score (nSPS) is 16.2. The second-order valence-corrected chi connectivity index (χ2v) is 5.33. The lowest BCUT2D eigenvalue weighted by Crippen LogP contribution is -2.43. The lowest BCUT2D eigenvalue weighted by Gasteiger charge is -2.22. The molecular formula is C15H21N3O2. The van der Waals surface area contributed by atoms with Gasteiger partial charge in [-0.05, 0) is 24.5 Å². The van der Waals surface area contributed by atoms with Crippen LogP contribution in [0.1, 0.15) is 32.3 Å². The molecule has 0 radical (unpaired) electrons. The van der Waals surface area contributed by atoms with Gasteiger partial charge in [0, 0.05) is 18.8 Å². The third-order valence-corrected chi connectivity index (χ3v) is 3.45. The molecule has 1 aliphatic rings. The number of benzene rings is 1. The van der Waals surface area contributed by atoms with E-state index in [1.807, 2.05) is 24.3 Å². The van der Waals surface area contributed by atoms with Crippen molar-refractivity contribution in [1.82, 2.24) is 10.2 Å². The van der Waals surface area contributed by atoms with Crippen LogP contribution in [0.15, 0.2) is 24.3 Å². The van der Waals surface area contributed by atoms with Gasteiger partial charge in [-0.15, -0.1) is 0 Å². The number of rotatable bonds is 4. The Morgan fingerprint density at radius 1 is 1.30 bits per heavy atom. The van der Waals surface area contributed by atoms with Crippen LogP contribution in [0.2, 0.25) is 0 Å². The molecule has 1 aromatic carbocycles. The van der Waals surface area contributed by atoms with E-state index in [0.717, 1.165) is 11.3 Å². The van der Waals surface area contributed by atoms with E-state index in [0.29, 0.717) is 19.0 Å². The minimum atomic E-state index is -0.432. The van der Waals surface area contributed by atoms with Gasteiger partial charge >= 0.3 is 6.03 Å². The maximum atomic E-state index is 12.2. The maximum absolute atomic E-state index is 12.2. The molecular weight excluding hydrogens is 254 g/mol. The summed E-state index contributed by atoms with van der Waals surface area (Å²) < 4.78 is 0. The van der Waals surface area contributed by atoms with Crippen LogP contribution >= 0.6 is 0 Å². The quantitative estimate of drug-likeness (QED) is 0.885. The number of para-hydroxylation sites is 1. The fourth-order valence-corrected chi connectivity index (χ4v) is 2.34. The zero-order valence-electron chi connectivity index (χ0n) is 12.1. The second-order valence-electron chi connectivity index (χ2n) is 5.33. The predicted molar refractivity (Wildman–Crippen MR) is 78.7 cm³/mol. The van der Waals surface area contributed by atoms with E-state index in [9.17, 15) is 9.59 Å². The van der Waals surface area contributed by atoms with Gasteiger partial charge in [-0.3, -0.25) is 9.69 Å². The summed E-state index contributed by atoms with van der Waals surface area (Å²) in [7, 11) is 0. The molecule has 1 aromatic rings. The van der Waals surface area contributed by atoms with Gasteiger partial charge in [-0.2, -0.15) is 0 Å². The van der Waals surface area contributed by atoms with Gasteiger partial charge in [0.05, 0.1) is 0 Å². The standard InChI is InChI=1S/C15H21N3O2/c1-10(2)12-6-4-5-7-13(12)17-11(3)14(19)18-9-8-16-15(18)20/h4-7,10-11,17H,8-9H2,1-3H3,(H,16,20)/t11-/m1/s1. The summed E-state index contributed by atoms with van der Waals surface area (Å²) >= 11 is 0. The van der Waals surface area contributed by atoms with E-state index in [2.05, 4.69) is 24.5 Å². The van der Waals surface area contributed by atoms with Crippen LogP contribution in [0.3, 0.4) is 0 Å². The lowest BCUT2D eigenvalue weighted by molar-refractivity contribution is -0.128. The maximum Gasteiger partial charge on any atom is 0.324 e. The van der Waals surface area contributed by atoms with Crippen LogP contribution < -0.4 is 10.6 Å². The second kappa shape index (κ2) is 5.94. The van der Waals surface area contributed by atoms with Crippen LogP contribution in [0.4, 0.5) is 10.5 Å². The first-order valence-electron chi connectivity index (χ1n) is 6.95. The Morgan fingerprint density at radius 2 is 2.00 bits per heavy atom. The summed E-state index contributed by atoms with van der Waals surface area (Å²) in [6, 6.07) is 7.20. The van der Waals surface area contributed by atoms with Crippen LogP contribution in [-0.2, 0) is 4.79 Å². The van der Waals surface area contributed by atoms with Gasteiger partial charge in [0.2, 0.25) is 0 Å². The smallest absolute Gasteiger partial charge is 0.324 e. The van der Waals surface area contributed by atoms with Crippen molar-refractivity contribution in [2.24, 2.45) is 0 Å². The first-order valence-corrected chi connectivity index (χ1v) is 6.95. The molecule has 20 heavy (non-hydrogen) atoms. The zero-order chi connectivity index (χ0) is 14.7. The van der Waals surface area contributed by atoms with Crippen LogP contribution in [0.25, 0.3) is 0 Å². The highest BCUT2D eigenvalue weighted by molar-refractivity contribution is 5.99. The Bertz CT molecular complexity index is 514. The van der Waals surface area contributed by atoms with Crippen molar-refractivity contribution in [1.29, 1.82) is 0 Å². The molecule has 1 atom stereocenters. The first kappa shape index (κ1) is 14.4. The molecule has 0 aromatic heterocycles. The minimum Gasteiger partial charge on any atom is -0.374 e. The van der Waals surface area contributed by atoms with E-state index in [-0.39, 0.29) is 11.9 Å². The van der Waals surface area contributed by atoms with Crippen molar-refractivity contribution in [3.63, 3.8) is 0 Å². The number of nitrogens with zero attached hydrogens (tertiary/aromatic N) is 1. The molecule has 0 saturated carbocycles. The van der Waals surface area contributed by atoms with Gasteiger partial charge in [0.15, 0.2) is 0 Å². The monoisotopic (exact) mass is 275 g/mol. The molecule has 108 valence electrons. The number of imide groups is 1. The van der Waals surface area contributed by atoms with Crippen molar-refractivity contribution < 1.29 is 9.59 Å². The SMILES string of the molecule is CC(C)c1ccccc1N[C@H](C)C(=O)N1CCNC1=O. The number of carbonyl (C=O) groups is 2. The van der Waals surface area contributed by atoms with Crippen molar-refractivity contribution >= 4 is 17.6 Å². The highest BCUT2D eigenvalue weighted by Gasteiger charge is 2.29. The first-order chi connectivity index (χ1) is 9.50. The molecule has 1 heterocycles. The highest BCUT2D eigenvalue weighted by Crippen LogP contribution is 2.24. The molecule has 0 spiro atoms. The van der Waals surface area contributed by atoms with Crippen molar-refractivity contribution in [2.45, 2.75) is 32.7 Å². The summed E-state index contributed by atoms with van der Waals surface area (Å²) in [4.78, 5) is 25.0. The molecule has 5 heteroatoms. The Balaban J connectivity index is 2.10. The zero-order valence-corrected chi connectivity index (χ0v) is 12.1. The Hall–Kier alpha value is -2.04. The van der Waals surface area contributed by atoms with Gasteiger partial charge in [0.1, 0.15) is 6.04 Å². The van der Waals surface area contributed by atoms with Crippen molar-refractivity contribution in [3.05, 3.63) is 29.8 Å². The Labute approximate surface area is 119 Å². The number of hydrogen-bond acceptors (Lipinski definition) is 3. The van der Waals surface area contributed by atoms with Crippen molar-refractivity contribution in [3.8, 4) is 0 Å². The van der Waals surface area contributed by atoms with E-state index >= 15 is 0 Å². The average molecular weight is 275 g/mol. The summed E-state index contributed by atoms with van der Waals surface area (Å²) in [6.07, 6.45) is 0. The molecule has 1 aliphatic heterocycles. The number of carbonyl (C=O) groups excluding carboxylic acids is 2. The molecule has 2 N–H and O–H groups in total. The van der Waals surface area contributed by atoms with Crippen LogP contribution in [0.5, 0.6) is 0 Å². The summed E-state index contributed by atoms with van der Waals surface area (Å²) in [5.41, 5.74) is 2.11. The molecule has 5 nitrogen and oxygen atoms in total. The minimum absolute atomic E-state index is 0.196. The number of urea groups is 1. The summed E-state index contributed by atoms with van der Waals surface area (Å²) in [5, 5.41) is 5.86. The fourth-order valence-electron chi connectivity index (χ4n) is 2.34. The Morgan fingerprint density at radius 3 is 2.60 bits per heavy atom. The number of nitrogens with one attached hydrogen (secondary N) is 2. The van der Waals surface area contributed by atoms with Crippen molar-refractivity contribution in [2.75, 3.05) is 18.4 Å². The molecule has 0 bridgehead atoms. The molecule has 2 rings (SSSR count). The topological polar surface area (TPSA) is 61.4 Å². The van der Waals surface area contributed by atoms with E-state index in [1.165, 1.54) is 4.90 Å². The van der Waals surface area contributed by atoms with E-state index < -0.39 is 6.04 Å². The molecule has 1 saturated heterocycles. The highest BCUT2D eigenvalue weighted by atomic mass is 16.2. The third-order valence-electron chi connectivity index (χ3n) is 3.45. The molecule has 3 amide bonds. The third kappa shape index (κ3) is 2.92. The number of hydrogen-bond donors (Lipinski definition) is 2. The largest absolute Gasteiger partial charge is 0.374 e. The lowest BCUT2D eigenvalue weighted by atomic mass is 10.0. The number of anilines is 1. The van der Waals surface area contributed by atoms with Gasteiger partial charge in [-0.1, -0.05) is 32.0 Å². The van der Waals surface area contributed by atoms with Gasteiger partial charge in [-0.25, -0.2) is 4.79 Å². The summed E-state index contributed by atoms with van der Waals surface area (Å²) in [5.74, 6) is 0.176. The molecule has 0 unspecified atom stereocenters. The molecule has 1 fully saturated rings. The van der Waals surface area contributed by atoms with Gasteiger partial charge in [0.25, 0.3) is 5.91 Å². The number of amides is 3. The van der Waals surface area contributed by atoms with E-state index in [4.69, 9.17) is 0 Å². The van der Waals surface area contributed by atoms with E-state index in [1.54, 1.807) is 6.92 Å². The fraction of sp³-hybridized carbons (Fsp3) is 0.467. The summed E-state index contributed by atoms with van der Waals surface area (Å²) in [6.45, 7) is 6.97. The molecule has 0 aliphatic carbocycles. The average Bonchev–Trinajstić information content (AvgIpc) is 2.84. The van der Waals surface area contributed by atoms with Crippen LogP contribution in [0, 0.1) is 0 Å². The van der Waals surface area contributed by atoms with Gasteiger partial charge < -0.3 is 10.6 Å². The Kier molecular flexibility index (Phi) is 4.27. The predicted octanol–water partition coefficient (Wildman–Crippen LogP) is 2.16.